The summed E-state index contributed by atoms with van der Waals surface area (Å²) in [6.45, 7) is 0.291. The van der Waals surface area contributed by atoms with Crippen molar-refractivity contribution in [1.29, 1.82) is 0 Å². The molecule has 3 aromatic carbocycles. The summed E-state index contributed by atoms with van der Waals surface area (Å²) in [5.74, 6) is 1.31. The predicted molar refractivity (Wildman–Crippen MR) is 130 cm³/mol. The van der Waals surface area contributed by atoms with Gasteiger partial charge in [0, 0.05) is 12.1 Å². The molecule has 6 heteroatoms. The first-order valence-corrected chi connectivity index (χ1v) is 12.6. The molecule has 0 heterocycles. The van der Waals surface area contributed by atoms with Crippen LogP contribution in [0.5, 0.6) is 5.75 Å². The zero-order chi connectivity index (χ0) is 22.6. The second-order valence-electron chi connectivity index (χ2n) is 8.08. The molecule has 1 unspecified atom stereocenters. The van der Waals surface area contributed by atoms with E-state index in [4.69, 9.17) is 16.3 Å². The lowest BCUT2D eigenvalue weighted by Gasteiger charge is -2.21. The Hall–Kier alpha value is -2.50. The van der Waals surface area contributed by atoms with Crippen molar-refractivity contribution in [2.45, 2.75) is 43.1 Å². The van der Waals surface area contributed by atoms with Gasteiger partial charge in [0.25, 0.3) is 10.0 Å². The number of hydrogen-bond donors (Lipinski definition) is 0. The first kappa shape index (κ1) is 22.7. The van der Waals surface area contributed by atoms with E-state index in [-0.39, 0.29) is 4.90 Å². The van der Waals surface area contributed by atoms with E-state index in [1.807, 2.05) is 18.2 Å². The van der Waals surface area contributed by atoms with Crippen LogP contribution in [0.2, 0.25) is 5.02 Å². The van der Waals surface area contributed by atoms with Crippen molar-refractivity contribution < 1.29 is 13.2 Å². The Bertz CT molecular complexity index is 1160. The molecule has 1 fully saturated rings. The molecule has 0 spiro atoms. The van der Waals surface area contributed by atoms with Gasteiger partial charge in [0.1, 0.15) is 12.4 Å². The van der Waals surface area contributed by atoms with Crippen molar-refractivity contribution in [2.24, 2.45) is 0 Å². The van der Waals surface area contributed by atoms with E-state index in [0.717, 1.165) is 11.3 Å². The van der Waals surface area contributed by atoms with Gasteiger partial charge in [0.2, 0.25) is 0 Å². The maximum Gasteiger partial charge on any atom is 0.264 e. The molecule has 4 nitrogen and oxygen atoms in total. The van der Waals surface area contributed by atoms with E-state index < -0.39 is 10.0 Å². The molecular formula is C26H27ClNO3S. The van der Waals surface area contributed by atoms with E-state index in [1.165, 1.54) is 42.6 Å². The molecule has 1 aliphatic rings. The fourth-order valence-corrected chi connectivity index (χ4v) is 5.43. The van der Waals surface area contributed by atoms with Gasteiger partial charge >= 0.3 is 0 Å². The Labute approximate surface area is 195 Å². The second kappa shape index (κ2) is 9.97. The normalized spacial score (nSPS) is 14.8. The Kier molecular flexibility index (Phi) is 7.07. The van der Waals surface area contributed by atoms with E-state index in [0.29, 0.717) is 23.2 Å². The largest absolute Gasteiger partial charge is 0.489 e. The number of halogens is 1. The molecule has 1 radical (unpaired) electrons. The molecule has 1 atom stereocenters. The second-order valence-corrected chi connectivity index (χ2v) is 10.5. The Morgan fingerprint density at radius 2 is 1.78 bits per heavy atom. The lowest BCUT2D eigenvalue weighted by molar-refractivity contribution is 0.306. The van der Waals surface area contributed by atoms with Gasteiger partial charge in [-0.05, 0) is 78.8 Å². The van der Waals surface area contributed by atoms with Crippen LogP contribution >= 0.6 is 11.6 Å². The van der Waals surface area contributed by atoms with Crippen molar-refractivity contribution in [1.82, 2.24) is 0 Å². The predicted octanol–water partition coefficient (Wildman–Crippen LogP) is 6.61. The fourth-order valence-electron chi connectivity index (χ4n) is 3.99. The Morgan fingerprint density at radius 3 is 2.50 bits per heavy atom. The first-order valence-electron chi connectivity index (χ1n) is 10.8. The summed E-state index contributed by atoms with van der Waals surface area (Å²) < 4.78 is 33.4. The van der Waals surface area contributed by atoms with Crippen LogP contribution in [0, 0.1) is 6.42 Å². The standard InChI is InChI=1S/C26H27ClNO3S/c1-28(24-11-6-10-23(27)18-24)32(29,30)26-12-5-7-20(17-26)19-31-25-15-13-22(14-16-25)21-8-3-2-4-9-21/h5-8,10-18,21H,2-4,9,19H2,1H3. The smallest absolute Gasteiger partial charge is 0.264 e. The number of anilines is 1. The fraction of sp³-hybridized carbons (Fsp3) is 0.269. The Morgan fingerprint density at radius 1 is 1.00 bits per heavy atom. The van der Waals surface area contributed by atoms with Crippen LogP contribution in [0.3, 0.4) is 0 Å². The summed E-state index contributed by atoms with van der Waals surface area (Å²) in [7, 11) is -2.19. The number of benzene rings is 3. The number of ether oxygens (including phenoxy) is 1. The number of hydrogen-bond acceptors (Lipinski definition) is 3. The lowest BCUT2D eigenvalue weighted by atomic mass is 9.84. The van der Waals surface area contributed by atoms with Crippen molar-refractivity contribution in [3.8, 4) is 5.75 Å². The summed E-state index contributed by atoms with van der Waals surface area (Å²) in [5.41, 5.74) is 2.62. The number of sulfonamides is 1. The summed E-state index contributed by atoms with van der Waals surface area (Å²) in [6, 6.07) is 21.9. The van der Waals surface area contributed by atoms with E-state index >= 15 is 0 Å². The molecule has 4 rings (SSSR count). The number of nitrogens with zero attached hydrogens (tertiary/aromatic N) is 1. The molecule has 0 N–H and O–H groups in total. The van der Waals surface area contributed by atoms with Gasteiger partial charge in [-0.25, -0.2) is 8.42 Å². The van der Waals surface area contributed by atoms with E-state index in [1.54, 1.807) is 42.5 Å². The third kappa shape index (κ3) is 5.28. The van der Waals surface area contributed by atoms with Gasteiger partial charge in [-0.3, -0.25) is 4.31 Å². The van der Waals surface area contributed by atoms with Crippen LogP contribution in [-0.2, 0) is 16.6 Å². The van der Waals surface area contributed by atoms with Crippen LogP contribution in [0.4, 0.5) is 5.69 Å². The minimum Gasteiger partial charge on any atom is -0.489 e. The zero-order valence-corrected chi connectivity index (χ0v) is 19.6. The molecule has 3 aromatic rings. The molecular weight excluding hydrogens is 442 g/mol. The molecule has 1 aliphatic carbocycles. The van der Waals surface area contributed by atoms with Crippen LogP contribution < -0.4 is 9.04 Å². The van der Waals surface area contributed by atoms with Crippen molar-refractivity contribution in [2.75, 3.05) is 11.4 Å². The third-order valence-electron chi connectivity index (χ3n) is 5.86. The summed E-state index contributed by atoms with van der Waals surface area (Å²) in [6.07, 6.45) is 7.39. The SMILES string of the molecule is CN(c1cccc(Cl)c1)S(=O)(=O)c1cccc(COc2ccc(C3[CH]CCCC3)cc2)c1. The van der Waals surface area contributed by atoms with E-state index in [9.17, 15) is 8.42 Å². The first-order chi connectivity index (χ1) is 15.4. The summed E-state index contributed by atoms with van der Waals surface area (Å²) in [4.78, 5) is 0.212. The average molecular weight is 469 g/mol. The molecule has 0 aromatic heterocycles. The molecule has 1 saturated carbocycles. The maximum atomic E-state index is 13.1. The van der Waals surface area contributed by atoms with Crippen molar-refractivity contribution >= 4 is 27.3 Å². The molecule has 0 saturated heterocycles. The maximum absolute atomic E-state index is 13.1. The summed E-state index contributed by atoms with van der Waals surface area (Å²) in [5, 5.41) is 0.485. The van der Waals surface area contributed by atoms with Gasteiger partial charge in [-0.2, -0.15) is 0 Å². The zero-order valence-electron chi connectivity index (χ0n) is 18.1. The molecule has 167 valence electrons. The monoisotopic (exact) mass is 468 g/mol. The van der Waals surface area contributed by atoms with Gasteiger partial charge < -0.3 is 4.74 Å². The third-order valence-corrected chi connectivity index (χ3v) is 7.88. The lowest BCUT2D eigenvalue weighted by Crippen LogP contribution is -2.26. The minimum atomic E-state index is -3.72. The Balaban J connectivity index is 1.43. The highest BCUT2D eigenvalue weighted by Crippen LogP contribution is 2.32. The van der Waals surface area contributed by atoms with Gasteiger partial charge in [-0.15, -0.1) is 0 Å². The average Bonchev–Trinajstić information content (AvgIpc) is 2.83. The molecule has 0 bridgehead atoms. The number of rotatable bonds is 7. The quantitative estimate of drug-likeness (QED) is 0.392. The molecule has 0 amide bonds. The van der Waals surface area contributed by atoms with Gasteiger partial charge in [0.05, 0.1) is 10.6 Å². The van der Waals surface area contributed by atoms with Gasteiger partial charge in [0.15, 0.2) is 0 Å². The van der Waals surface area contributed by atoms with E-state index in [2.05, 4.69) is 18.6 Å². The topological polar surface area (TPSA) is 46.6 Å². The van der Waals surface area contributed by atoms with Crippen molar-refractivity contribution in [3.63, 3.8) is 0 Å². The molecule has 0 aliphatic heterocycles. The van der Waals surface area contributed by atoms with Crippen LogP contribution in [0.25, 0.3) is 0 Å². The van der Waals surface area contributed by atoms with Crippen LogP contribution in [0.15, 0.2) is 77.7 Å². The minimum absolute atomic E-state index is 0.212. The van der Waals surface area contributed by atoms with Crippen LogP contribution in [-0.4, -0.2) is 15.5 Å². The summed E-state index contributed by atoms with van der Waals surface area (Å²) >= 11 is 6.02. The molecule has 32 heavy (non-hydrogen) atoms. The van der Waals surface area contributed by atoms with Crippen molar-refractivity contribution in [3.05, 3.63) is 95.4 Å². The van der Waals surface area contributed by atoms with Gasteiger partial charge in [-0.1, -0.05) is 54.8 Å². The highest BCUT2D eigenvalue weighted by Gasteiger charge is 2.22. The van der Waals surface area contributed by atoms with Crippen LogP contribution in [0.1, 0.15) is 42.7 Å². The highest BCUT2D eigenvalue weighted by molar-refractivity contribution is 7.92. The highest BCUT2D eigenvalue weighted by atomic mass is 35.5.